The van der Waals surface area contributed by atoms with Gasteiger partial charge in [-0.3, -0.25) is 4.79 Å². The van der Waals surface area contributed by atoms with Crippen LogP contribution in [0.25, 0.3) is 0 Å². The summed E-state index contributed by atoms with van der Waals surface area (Å²) in [6.45, 7) is 0.973. The van der Waals surface area contributed by atoms with Crippen molar-refractivity contribution < 1.29 is 23.1 Å². The number of carbonyl (C=O) groups is 1. The predicted octanol–water partition coefficient (Wildman–Crippen LogP) is 2.73. The van der Waals surface area contributed by atoms with E-state index in [1.165, 1.54) is 12.1 Å². The number of aliphatic hydroxyl groups is 1. The molecule has 0 radical (unpaired) electrons. The summed E-state index contributed by atoms with van der Waals surface area (Å²) in [4.78, 5) is 12.4. The number of hydrogen-bond donors (Lipinski definition) is 1. The highest BCUT2D eigenvalue weighted by molar-refractivity contribution is 5.77. The number of aliphatic hydroxyl groups excluding tert-OH is 1. The fourth-order valence-electron chi connectivity index (χ4n) is 3.56. The van der Waals surface area contributed by atoms with Gasteiger partial charge < -0.3 is 10.0 Å². The van der Waals surface area contributed by atoms with Crippen molar-refractivity contribution in [3.8, 4) is 0 Å². The number of alkyl halides is 3. The minimum atomic E-state index is -4.50. The molecule has 0 amide bonds. The first-order chi connectivity index (χ1) is 9.90. The molecule has 2 aliphatic rings. The van der Waals surface area contributed by atoms with Crippen LogP contribution in [0.3, 0.4) is 0 Å². The molecule has 0 spiro atoms. The molecule has 21 heavy (non-hydrogen) atoms. The van der Waals surface area contributed by atoms with Gasteiger partial charge in [0.1, 0.15) is 6.29 Å². The number of halogens is 3. The molecule has 2 fully saturated rings. The van der Waals surface area contributed by atoms with E-state index < -0.39 is 17.8 Å². The Labute approximate surface area is 120 Å². The Morgan fingerprint density at radius 1 is 1.24 bits per heavy atom. The average Bonchev–Trinajstić information content (AvgIpc) is 3.00. The number of benzene rings is 1. The largest absolute Gasteiger partial charge is 0.418 e. The van der Waals surface area contributed by atoms with Crippen molar-refractivity contribution in [1.29, 1.82) is 0 Å². The topological polar surface area (TPSA) is 40.5 Å². The number of rotatable bonds is 2. The van der Waals surface area contributed by atoms with E-state index in [0.717, 1.165) is 18.9 Å². The van der Waals surface area contributed by atoms with Gasteiger partial charge in [0.05, 0.1) is 11.7 Å². The molecule has 1 aliphatic heterocycles. The molecule has 1 heterocycles. The maximum Gasteiger partial charge on any atom is 0.418 e. The molecule has 3 nitrogen and oxygen atoms in total. The zero-order valence-electron chi connectivity index (χ0n) is 11.3. The normalized spacial score (nSPS) is 28.8. The lowest BCUT2D eigenvalue weighted by molar-refractivity contribution is -0.137. The predicted molar refractivity (Wildman–Crippen MR) is 71.3 cm³/mol. The standard InChI is InChI=1S/C15H16F3NO2/c16-15(17,18)12-5-9(8-20)1-3-13(12)19-6-10-2-4-14(21)11(10)7-19/h1,3,5,8,10-11,14,21H,2,4,6-7H2. The van der Waals surface area contributed by atoms with Gasteiger partial charge in [-0.05, 0) is 37.0 Å². The lowest BCUT2D eigenvalue weighted by atomic mass is 10.00. The Hall–Kier alpha value is -1.56. The van der Waals surface area contributed by atoms with E-state index in [1.54, 1.807) is 4.90 Å². The van der Waals surface area contributed by atoms with E-state index in [4.69, 9.17) is 0 Å². The highest BCUT2D eigenvalue weighted by atomic mass is 19.4. The second-order valence-electron chi connectivity index (χ2n) is 5.87. The van der Waals surface area contributed by atoms with Crippen LogP contribution < -0.4 is 4.90 Å². The third kappa shape index (κ3) is 2.52. The molecule has 1 saturated carbocycles. The minimum absolute atomic E-state index is 0.0190. The van der Waals surface area contributed by atoms with Crippen LogP contribution in [-0.4, -0.2) is 30.6 Å². The number of fused-ring (bicyclic) bond motifs is 1. The van der Waals surface area contributed by atoms with E-state index in [1.807, 2.05) is 0 Å². The van der Waals surface area contributed by atoms with Crippen LogP contribution in [0, 0.1) is 11.8 Å². The van der Waals surface area contributed by atoms with E-state index in [2.05, 4.69) is 0 Å². The van der Waals surface area contributed by atoms with Gasteiger partial charge in [-0.15, -0.1) is 0 Å². The van der Waals surface area contributed by atoms with Crippen molar-refractivity contribution in [3.63, 3.8) is 0 Å². The Bertz CT molecular complexity index is 558. The Morgan fingerprint density at radius 3 is 2.62 bits per heavy atom. The van der Waals surface area contributed by atoms with Gasteiger partial charge in [0.15, 0.2) is 0 Å². The monoisotopic (exact) mass is 299 g/mol. The molecule has 3 rings (SSSR count). The van der Waals surface area contributed by atoms with Crippen LogP contribution in [0.5, 0.6) is 0 Å². The van der Waals surface area contributed by atoms with Crippen LogP contribution in [0.2, 0.25) is 0 Å². The summed E-state index contributed by atoms with van der Waals surface area (Å²) in [7, 11) is 0. The molecule has 0 bridgehead atoms. The maximum absolute atomic E-state index is 13.2. The smallest absolute Gasteiger partial charge is 0.393 e. The number of aldehydes is 1. The third-order valence-corrected chi connectivity index (χ3v) is 4.62. The van der Waals surface area contributed by atoms with E-state index in [-0.39, 0.29) is 23.1 Å². The summed E-state index contributed by atoms with van der Waals surface area (Å²) in [6, 6.07) is 3.66. The summed E-state index contributed by atoms with van der Waals surface area (Å²) in [6.07, 6.45) is -2.90. The van der Waals surface area contributed by atoms with Crippen molar-refractivity contribution in [3.05, 3.63) is 29.3 Å². The zero-order chi connectivity index (χ0) is 15.2. The molecule has 1 aromatic rings. The first-order valence-corrected chi connectivity index (χ1v) is 6.99. The molecule has 0 aromatic heterocycles. The fourth-order valence-corrected chi connectivity index (χ4v) is 3.56. The quantitative estimate of drug-likeness (QED) is 0.854. The van der Waals surface area contributed by atoms with Gasteiger partial charge in [-0.1, -0.05) is 0 Å². The van der Waals surface area contributed by atoms with E-state index >= 15 is 0 Å². The Kier molecular flexibility index (Phi) is 3.43. The molecular formula is C15H16F3NO2. The molecule has 6 heteroatoms. The van der Waals surface area contributed by atoms with Crippen LogP contribution in [0.1, 0.15) is 28.8 Å². The van der Waals surface area contributed by atoms with Gasteiger partial charge in [-0.2, -0.15) is 13.2 Å². The Balaban J connectivity index is 1.94. The number of carbonyl (C=O) groups excluding carboxylic acids is 1. The van der Waals surface area contributed by atoms with Crippen LogP contribution >= 0.6 is 0 Å². The van der Waals surface area contributed by atoms with Crippen molar-refractivity contribution >= 4 is 12.0 Å². The molecule has 114 valence electrons. The van der Waals surface area contributed by atoms with Crippen LogP contribution in [-0.2, 0) is 6.18 Å². The lowest BCUT2D eigenvalue weighted by Crippen LogP contribution is -2.26. The SMILES string of the molecule is O=Cc1ccc(N2CC3CCC(O)C3C2)c(C(F)(F)F)c1. The van der Waals surface area contributed by atoms with Gasteiger partial charge in [0, 0.05) is 30.3 Å². The van der Waals surface area contributed by atoms with E-state index in [9.17, 15) is 23.1 Å². The number of nitrogens with zero attached hydrogens (tertiary/aromatic N) is 1. The summed E-state index contributed by atoms with van der Waals surface area (Å²) >= 11 is 0. The van der Waals surface area contributed by atoms with Gasteiger partial charge >= 0.3 is 6.18 Å². The maximum atomic E-state index is 13.2. The summed E-state index contributed by atoms with van der Waals surface area (Å²) < 4.78 is 39.6. The van der Waals surface area contributed by atoms with Gasteiger partial charge in [-0.25, -0.2) is 0 Å². The van der Waals surface area contributed by atoms with E-state index in [0.29, 0.717) is 19.4 Å². The van der Waals surface area contributed by atoms with Crippen molar-refractivity contribution in [1.82, 2.24) is 0 Å². The lowest BCUT2D eigenvalue weighted by Gasteiger charge is -2.24. The molecule has 1 aromatic carbocycles. The average molecular weight is 299 g/mol. The van der Waals surface area contributed by atoms with Crippen molar-refractivity contribution in [2.75, 3.05) is 18.0 Å². The summed E-state index contributed by atoms with van der Waals surface area (Å²) in [5, 5.41) is 9.88. The second kappa shape index (κ2) is 5.02. The summed E-state index contributed by atoms with van der Waals surface area (Å²) in [5.74, 6) is 0.309. The molecular weight excluding hydrogens is 283 g/mol. The third-order valence-electron chi connectivity index (χ3n) is 4.62. The molecule has 1 saturated heterocycles. The fraction of sp³-hybridized carbons (Fsp3) is 0.533. The highest BCUT2D eigenvalue weighted by Crippen LogP contribution is 2.43. The highest BCUT2D eigenvalue weighted by Gasteiger charge is 2.44. The molecule has 1 aliphatic carbocycles. The minimum Gasteiger partial charge on any atom is -0.393 e. The van der Waals surface area contributed by atoms with Crippen molar-refractivity contribution in [2.45, 2.75) is 25.1 Å². The van der Waals surface area contributed by atoms with Crippen LogP contribution in [0.4, 0.5) is 18.9 Å². The second-order valence-corrected chi connectivity index (χ2v) is 5.87. The number of anilines is 1. The molecule has 1 N–H and O–H groups in total. The number of hydrogen-bond acceptors (Lipinski definition) is 3. The zero-order valence-corrected chi connectivity index (χ0v) is 11.3. The first kappa shape index (κ1) is 14.4. The van der Waals surface area contributed by atoms with Gasteiger partial charge in [0.25, 0.3) is 0 Å². The van der Waals surface area contributed by atoms with Crippen molar-refractivity contribution in [2.24, 2.45) is 11.8 Å². The Morgan fingerprint density at radius 2 is 2.00 bits per heavy atom. The van der Waals surface area contributed by atoms with Gasteiger partial charge in [0.2, 0.25) is 0 Å². The molecule has 3 atom stereocenters. The van der Waals surface area contributed by atoms with Crippen LogP contribution in [0.15, 0.2) is 18.2 Å². The first-order valence-electron chi connectivity index (χ1n) is 6.99. The molecule has 3 unspecified atom stereocenters. The summed E-state index contributed by atoms with van der Waals surface area (Å²) in [5.41, 5.74) is -0.651.